The minimum atomic E-state index is -1.48. The number of nitrogens with one attached hydrogen (secondary N) is 1. The van der Waals surface area contributed by atoms with Gasteiger partial charge in [0.25, 0.3) is 0 Å². The lowest BCUT2D eigenvalue weighted by Gasteiger charge is -2.43. The minimum Gasteiger partial charge on any atom is -0.376 e. The molecule has 0 saturated heterocycles. The van der Waals surface area contributed by atoms with Crippen molar-refractivity contribution in [2.24, 2.45) is 17.8 Å². The first-order valence-corrected chi connectivity index (χ1v) is 14.0. The molecule has 0 aliphatic heterocycles. The average Bonchev–Trinajstić information content (AvgIpc) is 2.71. The van der Waals surface area contributed by atoms with Crippen molar-refractivity contribution in [1.82, 2.24) is 4.98 Å². The summed E-state index contributed by atoms with van der Waals surface area (Å²) < 4.78 is 5.86. The van der Waals surface area contributed by atoms with Crippen LogP contribution in [0.15, 0.2) is 0 Å². The third-order valence-corrected chi connectivity index (χ3v) is 11.7. The third kappa shape index (κ3) is 8.02. The smallest absolute Gasteiger partial charge is 0.126 e. The molecule has 0 spiro atoms. The Hall–Kier alpha value is 0.137. The topological polar surface area (TPSA) is 21.3 Å². The van der Waals surface area contributed by atoms with E-state index < -0.39 is 8.24 Å². The van der Waals surface area contributed by atoms with Crippen molar-refractivity contribution < 1.29 is 4.74 Å². The molecular weight excluding hydrogens is 334 g/mol. The molecule has 0 heterocycles. The quantitative estimate of drug-likeness (QED) is 0.341. The summed E-state index contributed by atoms with van der Waals surface area (Å²) in [7, 11) is -1.48. The van der Waals surface area contributed by atoms with E-state index in [1.807, 2.05) is 0 Å². The van der Waals surface area contributed by atoms with E-state index in [1.54, 1.807) is 0 Å². The molecule has 0 radical (unpaired) electrons. The highest BCUT2D eigenvalue weighted by atomic mass is 28.3. The van der Waals surface area contributed by atoms with Crippen molar-refractivity contribution in [3.05, 3.63) is 0 Å². The van der Waals surface area contributed by atoms with Gasteiger partial charge in [0, 0.05) is 12.1 Å². The maximum Gasteiger partial charge on any atom is 0.126 e. The van der Waals surface area contributed by atoms with Crippen LogP contribution in [0.3, 0.4) is 0 Å². The van der Waals surface area contributed by atoms with Gasteiger partial charge in [-0.2, -0.15) is 0 Å². The Labute approximate surface area is 166 Å². The second kappa shape index (κ2) is 9.56. The Morgan fingerprint density at radius 3 is 1.92 bits per heavy atom. The van der Waals surface area contributed by atoms with Gasteiger partial charge in [-0.25, -0.2) is 0 Å². The maximum atomic E-state index is 5.86. The number of unbranched alkanes of at least 4 members (excludes halogenated alkanes) is 3. The van der Waals surface area contributed by atoms with Gasteiger partial charge in [-0.1, -0.05) is 46.6 Å². The lowest BCUT2D eigenvalue weighted by atomic mass is 9.94. The Balaban J connectivity index is 2.54. The standard InChI is InChI=1S/C23H49NOSi/c1-18-17-21(20(3)19(18)2)26(10,24-22(4,5)6)16-14-12-11-13-15-25-23(7,8)9/h18-21,24H,11-17H2,1-10H3. The fraction of sp³-hybridized carbons (Fsp3) is 1.00. The van der Waals surface area contributed by atoms with Crippen LogP contribution in [0, 0.1) is 17.8 Å². The molecule has 0 bridgehead atoms. The molecule has 1 N–H and O–H groups in total. The van der Waals surface area contributed by atoms with Crippen molar-refractivity contribution in [1.29, 1.82) is 0 Å². The van der Waals surface area contributed by atoms with Crippen LogP contribution in [-0.2, 0) is 4.74 Å². The molecule has 0 aromatic carbocycles. The average molecular weight is 384 g/mol. The highest BCUT2D eigenvalue weighted by Crippen LogP contribution is 2.50. The van der Waals surface area contributed by atoms with Gasteiger partial charge in [0.1, 0.15) is 8.24 Å². The van der Waals surface area contributed by atoms with Gasteiger partial charge in [-0.15, -0.1) is 0 Å². The van der Waals surface area contributed by atoms with E-state index in [2.05, 4.69) is 73.8 Å². The summed E-state index contributed by atoms with van der Waals surface area (Å²) in [5.74, 6) is 2.64. The normalized spacial score (nSPS) is 29.8. The fourth-order valence-corrected chi connectivity index (χ4v) is 10.8. The van der Waals surface area contributed by atoms with Crippen molar-refractivity contribution in [3.63, 3.8) is 0 Å². The van der Waals surface area contributed by atoms with Crippen LogP contribution in [0.1, 0.15) is 94.4 Å². The van der Waals surface area contributed by atoms with Crippen LogP contribution in [0.25, 0.3) is 0 Å². The lowest BCUT2D eigenvalue weighted by molar-refractivity contribution is -0.00471. The van der Waals surface area contributed by atoms with Gasteiger partial charge in [0.15, 0.2) is 0 Å². The zero-order chi connectivity index (χ0) is 20.2. The molecule has 5 atom stereocenters. The molecule has 2 nitrogen and oxygen atoms in total. The van der Waals surface area contributed by atoms with E-state index in [4.69, 9.17) is 4.74 Å². The summed E-state index contributed by atoms with van der Waals surface area (Å²) in [6.45, 7) is 24.5. The van der Waals surface area contributed by atoms with E-state index in [-0.39, 0.29) is 11.1 Å². The number of hydrogen-bond acceptors (Lipinski definition) is 2. The highest BCUT2D eigenvalue weighted by molar-refractivity contribution is 6.78. The molecule has 3 heteroatoms. The molecule has 1 fully saturated rings. The van der Waals surface area contributed by atoms with Crippen LogP contribution in [0.2, 0.25) is 18.1 Å². The number of ether oxygens (including phenoxy) is 1. The molecule has 1 aliphatic carbocycles. The first-order chi connectivity index (χ1) is 11.8. The van der Waals surface area contributed by atoms with Gasteiger partial charge in [-0.05, 0) is 83.7 Å². The lowest BCUT2D eigenvalue weighted by Crippen LogP contribution is -2.59. The molecule has 0 aromatic rings. The van der Waals surface area contributed by atoms with E-state index in [1.165, 1.54) is 38.1 Å². The summed E-state index contributed by atoms with van der Waals surface area (Å²) in [6, 6.07) is 1.43. The summed E-state index contributed by atoms with van der Waals surface area (Å²) >= 11 is 0. The Morgan fingerprint density at radius 2 is 1.46 bits per heavy atom. The van der Waals surface area contributed by atoms with Crippen LogP contribution in [-0.4, -0.2) is 26.0 Å². The molecule has 156 valence electrons. The van der Waals surface area contributed by atoms with E-state index in [9.17, 15) is 0 Å². The van der Waals surface area contributed by atoms with Crippen LogP contribution < -0.4 is 4.98 Å². The van der Waals surface area contributed by atoms with E-state index in [0.717, 1.165) is 29.9 Å². The van der Waals surface area contributed by atoms with Crippen LogP contribution in [0.4, 0.5) is 0 Å². The van der Waals surface area contributed by atoms with E-state index in [0.29, 0.717) is 0 Å². The monoisotopic (exact) mass is 383 g/mol. The summed E-state index contributed by atoms with van der Waals surface area (Å²) in [5, 5.41) is 0. The molecule has 26 heavy (non-hydrogen) atoms. The molecule has 1 aliphatic rings. The molecule has 0 aromatic heterocycles. The predicted octanol–water partition coefficient (Wildman–Crippen LogP) is 7.01. The summed E-state index contributed by atoms with van der Waals surface area (Å²) in [5.41, 5.74) is 1.17. The number of hydrogen-bond donors (Lipinski definition) is 1. The third-order valence-electron chi connectivity index (χ3n) is 6.59. The molecular formula is C23H49NOSi. The van der Waals surface area contributed by atoms with Crippen LogP contribution >= 0.6 is 0 Å². The fourth-order valence-electron chi connectivity index (χ4n) is 5.08. The van der Waals surface area contributed by atoms with Gasteiger partial charge in [-0.3, -0.25) is 0 Å². The molecule has 1 saturated carbocycles. The first-order valence-electron chi connectivity index (χ1n) is 11.2. The maximum absolute atomic E-state index is 5.86. The van der Waals surface area contributed by atoms with Gasteiger partial charge >= 0.3 is 0 Å². The van der Waals surface area contributed by atoms with Crippen molar-refractivity contribution in [2.45, 2.75) is 124 Å². The van der Waals surface area contributed by atoms with Gasteiger partial charge in [0.2, 0.25) is 0 Å². The zero-order valence-electron chi connectivity index (χ0n) is 19.7. The van der Waals surface area contributed by atoms with Gasteiger partial charge < -0.3 is 9.72 Å². The Kier molecular flexibility index (Phi) is 8.89. The summed E-state index contributed by atoms with van der Waals surface area (Å²) in [6.07, 6.45) is 6.69. The highest BCUT2D eigenvalue weighted by Gasteiger charge is 2.48. The summed E-state index contributed by atoms with van der Waals surface area (Å²) in [4.78, 5) is 4.18. The van der Waals surface area contributed by atoms with Crippen molar-refractivity contribution in [2.75, 3.05) is 6.61 Å². The van der Waals surface area contributed by atoms with Crippen LogP contribution in [0.5, 0.6) is 0 Å². The van der Waals surface area contributed by atoms with Crippen molar-refractivity contribution in [3.8, 4) is 0 Å². The predicted molar refractivity (Wildman–Crippen MR) is 119 cm³/mol. The Bertz CT molecular complexity index is 411. The molecule has 1 rings (SSSR count). The molecule has 5 unspecified atom stereocenters. The van der Waals surface area contributed by atoms with E-state index >= 15 is 0 Å². The Morgan fingerprint density at radius 1 is 0.885 bits per heavy atom. The first kappa shape index (κ1) is 24.2. The number of rotatable bonds is 9. The van der Waals surface area contributed by atoms with Crippen molar-refractivity contribution >= 4 is 8.24 Å². The minimum absolute atomic E-state index is 0.00805. The SMILES string of the molecule is CC1CC([Si](C)(CCCCCCOC(C)(C)C)NC(C)(C)C)C(C)C1C. The second-order valence-electron chi connectivity index (χ2n) is 11.5. The second-order valence-corrected chi connectivity index (χ2v) is 15.8. The zero-order valence-corrected chi connectivity index (χ0v) is 20.7. The largest absolute Gasteiger partial charge is 0.376 e. The van der Waals surface area contributed by atoms with Gasteiger partial charge in [0.05, 0.1) is 5.60 Å². The molecule has 0 amide bonds.